The van der Waals surface area contributed by atoms with E-state index in [0.29, 0.717) is 18.9 Å². The molecule has 0 fully saturated rings. The van der Waals surface area contributed by atoms with Crippen molar-refractivity contribution in [3.8, 4) is 0 Å². The van der Waals surface area contributed by atoms with Gasteiger partial charge in [-0.15, -0.1) is 0 Å². The minimum absolute atomic E-state index is 0.0977. The topological polar surface area (TPSA) is 186 Å². The van der Waals surface area contributed by atoms with Crippen molar-refractivity contribution in [3.63, 3.8) is 0 Å². The lowest BCUT2D eigenvalue weighted by molar-refractivity contribution is -0.122. The maximum absolute atomic E-state index is 10.5. The molecule has 11 heteroatoms. The van der Waals surface area contributed by atoms with Crippen LogP contribution in [-0.4, -0.2) is 84.5 Å². The van der Waals surface area contributed by atoms with Crippen molar-refractivity contribution in [1.29, 1.82) is 0 Å². The van der Waals surface area contributed by atoms with Crippen LogP contribution in [0.25, 0.3) is 0 Å². The first-order valence-electron chi connectivity index (χ1n) is 6.95. The highest BCUT2D eigenvalue weighted by Gasteiger charge is 1.94. The van der Waals surface area contributed by atoms with Gasteiger partial charge in [-0.3, -0.25) is 9.59 Å². The number of nitrogens with two attached hydrogens (primary N) is 2. The maximum Gasteiger partial charge on any atom is 0.234 e. The van der Waals surface area contributed by atoms with Crippen LogP contribution in [0.5, 0.6) is 0 Å². The van der Waals surface area contributed by atoms with Crippen LogP contribution in [-0.2, 0) is 24.0 Å². The van der Waals surface area contributed by atoms with E-state index in [9.17, 15) is 19.2 Å². The van der Waals surface area contributed by atoms with E-state index in [-0.39, 0.29) is 44.5 Å². The van der Waals surface area contributed by atoms with Crippen molar-refractivity contribution >= 4 is 30.7 Å². The molecule has 11 nitrogen and oxygen atoms in total. The number of nitrogens with one attached hydrogen (secondary N) is 4. The third-order valence-corrected chi connectivity index (χ3v) is 1.54. The van der Waals surface area contributed by atoms with E-state index in [1.165, 1.54) is 7.05 Å². The molecule has 0 saturated carbocycles. The molecule has 0 atom stereocenters. The number of aldehydes is 3. The first-order chi connectivity index (χ1) is 11.5. The second kappa shape index (κ2) is 32.7. The van der Waals surface area contributed by atoms with E-state index in [2.05, 4.69) is 32.7 Å². The summed E-state index contributed by atoms with van der Waals surface area (Å²) in [6.45, 7) is 0.850. The summed E-state index contributed by atoms with van der Waals surface area (Å²) in [6.07, 6.45) is 1.95. The van der Waals surface area contributed by atoms with Crippen molar-refractivity contribution in [1.82, 2.24) is 21.3 Å². The lowest BCUT2D eigenvalue weighted by Gasteiger charge is -1.97. The largest absolute Gasteiger partial charge is 0.348 e. The Morgan fingerprint density at radius 3 is 1.25 bits per heavy atom. The van der Waals surface area contributed by atoms with E-state index in [4.69, 9.17) is 4.79 Å². The van der Waals surface area contributed by atoms with Gasteiger partial charge in [-0.05, 0) is 21.1 Å². The zero-order valence-corrected chi connectivity index (χ0v) is 14.5. The van der Waals surface area contributed by atoms with E-state index < -0.39 is 0 Å². The molecule has 24 heavy (non-hydrogen) atoms. The van der Waals surface area contributed by atoms with Crippen molar-refractivity contribution in [2.24, 2.45) is 11.5 Å². The van der Waals surface area contributed by atoms with Crippen molar-refractivity contribution < 1.29 is 24.0 Å². The standard InChI is InChI=1S/2C5H10N2O2.C2H5NO.CH5N/c2*1-6-4-5(9)7-2-3-8;3-1-2-4;1-2/h2*3,6H,2,4H2,1H3,(H,7,9);2H,1,3H2;2H2,1H3. The van der Waals surface area contributed by atoms with Gasteiger partial charge in [-0.1, -0.05) is 0 Å². The Bertz CT molecular complexity index is 289. The molecule has 0 spiro atoms. The second-order valence-corrected chi connectivity index (χ2v) is 3.40. The van der Waals surface area contributed by atoms with Gasteiger partial charge < -0.3 is 47.1 Å². The highest BCUT2D eigenvalue weighted by atomic mass is 16.2. The maximum atomic E-state index is 10.5. The van der Waals surface area contributed by atoms with Crippen LogP contribution in [0.15, 0.2) is 0 Å². The zero-order chi connectivity index (χ0) is 19.6. The zero-order valence-electron chi connectivity index (χ0n) is 14.5. The van der Waals surface area contributed by atoms with Gasteiger partial charge >= 0.3 is 0 Å². The molecule has 0 bridgehead atoms. The quantitative estimate of drug-likeness (QED) is 0.224. The van der Waals surface area contributed by atoms with Crippen molar-refractivity contribution in [3.05, 3.63) is 0 Å². The molecule has 0 aromatic heterocycles. The molecule has 0 rings (SSSR count). The van der Waals surface area contributed by atoms with Gasteiger partial charge in [0.1, 0.15) is 18.9 Å². The molecular weight excluding hydrogens is 320 g/mol. The highest BCUT2D eigenvalue weighted by Crippen LogP contribution is 1.58. The Morgan fingerprint density at radius 2 is 1.08 bits per heavy atom. The average molecular weight is 350 g/mol. The molecule has 0 aliphatic rings. The Hall–Kier alpha value is -2.21. The van der Waals surface area contributed by atoms with Crippen LogP contribution in [0.4, 0.5) is 0 Å². The van der Waals surface area contributed by atoms with Crippen LogP contribution >= 0.6 is 0 Å². The summed E-state index contributed by atoms with van der Waals surface area (Å²) in [7, 11) is 4.83. The number of carbonyl (C=O) groups is 5. The van der Waals surface area contributed by atoms with Crippen LogP contribution in [0.2, 0.25) is 0 Å². The summed E-state index contributed by atoms with van der Waals surface area (Å²) >= 11 is 0. The summed E-state index contributed by atoms with van der Waals surface area (Å²) in [6, 6.07) is 0. The summed E-state index contributed by atoms with van der Waals surface area (Å²) < 4.78 is 0. The fraction of sp³-hybridized carbons (Fsp3) is 0.615. The SMILES string of the molecule is CN.CNCC(=O)NCC=O.CNCC(=O)NCC=O.NCC=O. The molecule has 0 aliphatic carbocycles. The van der Waals surface area contributed by atoms with Crippen LogP contribution in [0.1, 0.15) is 0 Å². The third-order valence-electron chi connectivity index (χ3n) is 1.54. The molecule has 0 aliphatic heterocycles. The molecule has 0 aromatic rings. The number of hydrogen-bond donors (Lipinski definition) is 6. The Morgan fingerprint density at radius 1 is 0.792 bits per heavy atom. The van der Waals surface area contributed by atoms with Crippen molar-refractivity contribution in [2.75, 3.05) is 53.9 Å². The van der Waals surface area contributed by atoms with E-state index in [0.717, 1.165) is 0 Å². The molecule has 0 radical (unpaired) electrons. The molecule has 2 amide bonds. The lowest BCUT2D eigenvalue weighted by Crippen LogP contribution is -2.33. The minimum Gasteiger partial charge on any atom is -0.348 e. The normalized spacial score (nSPS) is 7.71. The van der Waals surface area contributed by atoms with Gasteiger partial charge in [0.2, 0.25) is 11.8 Å². The van der Waals surface area contributed by atoms with Gasteiger partial charge in [0.25, 0.3) is 0 Å². The van der Waals surface area contributed by atoms with Gasteiger partial charge in [-0.25, -0.2) is 0 Å². The van der Waals surface area contributed by atoms with Crippen LogP contribution < -0.4 is 32.7 Å². The fourth-order valence-corrected chi connectivity index (χ4v) is 0.757. The molecule has 0 saturated heterocycles. The summed E-state index contributed by atoms with van der Waals surface area (Å²) in [4.78, 5) is 49.3. The van der Waals surface area contributed by atoms with Gasteiger partial charge in [0.05, 0.1) is 26.2 Å². The predicted molar refractivity (Wildman–Crippen MR) is 91.2 cm³/mol. The number of likely N-dealkylation sites (N-methyl/N-ethyl adjacent to an activating group) is 2. The molecule has 0 heterocycles. The number of amides is 2. The Balaban J connectivity index is -0.000000126. The molecule has 0 unspecified atom stereocenters. The summed E-state index contributed by atoms with van der Waals surface area (Å²) in [5.74, 6) is -0.325. The van der Waals surface area contributed by atoms with E-state index >= 15 is 0 Å². The average Bonchev–Trinajstić information content (AvgIpc) is 2.61. The van der Waals surface area contributed by atoms with Gasteiger partial charge in [-0.2, -0.15) is 0 Å². The number of rotatable bonds is 9. The first-order valence-corrected chi connectivity index (χ1v) is 6.95. The molecule has 8 N–H and O–H groups in total. The smallest absolute Gasteiger partial charge is 0.234 e. The third kappa shape index (κ3) is 42.7. The van der Waals surface area contributed by atoms with Gasteiger partial charge in [0, 0.05) is 6.54 Å². The highest BCUT2D eigenvalue weighted by molar-refractivity contribution is 5.80. The van der Waals surface area contributed by atoms with Crippen molar-refractivity contribution in [2.45, 2.75) is 0 Å². The monoisotopic (exact) mass is 350 g/mol. The Kier molecular flexibility index (Phi) is 40.5. The molecule has 0 aromatic carbocycles. The minimum atomic E-state index is -0.162. The molecule has 142 valence electrons. The van der Waals surface area contributed by atoms with Crippen LogP contribution in [0.3, 0.4) is 0 Å². The predicted octanol–water partition coefficient (Wildman–Crippen LogP) is -4.24. The number of hydrogen-bond acceptors (Lipinski definition) is 9. The number of carbonyl (C=O) groups excluding carboxylic acids is 5. The summed E-state index contributed by atoms with van der Waals surface area (Å²) in [5, 5.41) is 10.0. The summed E-state index contributed by atoms with van der Waals surface area (Å²) in [5.41, 5.74) is 9.16. The fourth-order valence-electron chi connectivity index (χ4n) is 0.757. The lowest BCUT2D eigenvalue weighted by atomic mass is 10.5. The first kappa shape index (κ1) is 29.8. The van der Waals surface area contributed by atoms with Crippen LogP contribution in [0, 0.1) is 0 Å². The van der Waals surface area contributed by atoms with Gasteiger partial charge in [0.15, 0.2) is 0 Å². The Labute approximate surface area is 142 Å². The molecular formula is C13H30N6O5. The van der Waals surface area contributed by atoms with E-state index in [1.54, 1.807) is 14.1 Å². The van der Waals surface area contributed by atoms with E-state index in [1.807, 2.05) is 0 Å². The second-order valence-electron chi connectivity index (χ2n) is 3.40.